The lowest BCUT2D eigenvalue weighted by atomic mass is 10.1. The number of nitro groups is 1. The number of benzene rings is 3. The van der Waals surface area contributed by atoms with E-state index in [4.69, 9.17) is 27.9 Å². The summed E-state index contributed by atoms with van der Waals surface area (Å²) >= 11 is 13.3. The summed E-state index contributed by atoms with van der Waals surface area (Å²) in [5.74, 6) is -2.09. The Morgan fingerprint density at radius 2 is 1.79 bits per heavy atom. The first-order valence-electron chi connectivity index (χ1n) is 9.63. The molecule has 0 aliphatic rings. The zero-order chi connectivity index (χ0) is 24.4. The smallest absolute Gasteiger partial charge is 0.351 e. The van der Waals surface area contributed by atoms with E-state index in [2.05, 4.69) is 5.32 Å². The van der Waals surface area contributed by atoms with E-state index in [0.717, 1.165) is 17.4 Å². The number of rotatable bonds is 6. The number of ether oxygens (including phenoxy) is 1. The lowest BCUT2D eigenvalue weighted by molar-refractivity contribution is -0.384. The monoisotopic (exact) mass is 518 g/mol. The largest absolute Gasteiger partial charge is 0.443 e. The van der Waals surface area contributed by atoms with Gasteiger partial charge in [0.25, 0.3) is 11.6 Å². The summed E-state index contributed by atoms with van der Waals surface area (Å²) in [7, 11) is 0. The van der Waals surface area contributed by atoms with Crippen LogP contribution >= 0.6 is 34.5 Å². The number of carbonyl (C=O) groups is 2. The average Bonchev–Trinajstić information content (AvgIpc) is 3.14. The van der Waals surface area contributed by atoms with Gasteiger partial charge in [0.2, 0.25) is 6.10 Å². The predicted octanol–water partition coefficient (Wildman–Crippen LogP) is 6.79. The second kappa shape index (κ2) is 9.76. The Morgan fingerprint density at radius 3 is 2.47 bits per heavy atom. The first kappa shape index (κ1) is 23.6. The van der Waals surface area contributed by atoms with Gasteiger partial charge in [-0.2, -0.15) is 0 Å². The van der Waals surface area contributed by atoms with Gasteiger partial charge in [-0.15, -0.1) is 11.3 Å². The Bertz CT molecular complexity index is 1430. The van der Waals surface area contributed by atoms with Gasteiger partial charge < -0.3 is 10.1 Å². The van der Waals surface area contributed by atoms with Crippen molar-refractivity contribution in [1.29, 1.82) is 0 Å². The molecular formula is C23H13Cl2FN2O5S. The van der Waals surface area contributed by atoms with Gasteiger partial charge in [0, 0.05) is 27.8 Å². The molecule has 1 amide bonds. The van der Waals surface area contributed by atoms with Gasteiger partial charge in [-0.25, -0.2) is 9.18 Å². The zero-order valence-electron chi connectivity index (χ0n) is 17.0. The van der Waals surface area contributed by atoms with E-state index >= 15 is 0 Å². The second-order valence-electron chi connectivity index (χ2n) is 6.99. The van der Waals surface area contributed by atoms with Crippen molar-refractivity contribution in [1.82, 2.24) is 0 Å². The number of hydrogen-bond donors (Lipinski definition) is 1. The molecule has 7 nitrogen and oxygen atoms in total. The molecule has 34 heavy (non-hydrogen) atoms. The minimum Gasteiger partial charge on any atom is -0.443 e. The molecule has 0 saturated heterocycles. The zero-order valence-corrected chi connectivity index (χ0v) is 19.3. The summed E-state index contributed by atoms with van der Waals surface area (Å²) in [6.45, 7) is 0. The van der Waals surface area contributed by atoms with Crippen molar-refractivity contribution in [3.05, 3.63) is 103 Å². The first-order chi connectivity index (χ1) is 16.2. The number of hydrogen-bond acceptors (Lipinski definition) is 6. The van der Waals surface area contributed by atoms with Crippen LogP contribution in [0, 0.1) is 15.9 Å². The van der Waals surface area contributed by atoms with Crippen molar-refractivity contribution in [2.24, 2.45) is 0 Å². The molecule has 1 atom stereocenters. The lowest BCUT2D eigenvalue weighted by Gasteiger charge is -2.18. The molecule has 0 aliphatic heterocycles. The maximum atomic E-state index is 13.6. The van der Waals surface area contributed by atoms with Gasteiger partial charge in [0.1, 0.15) is 10.7 Å². The summed E-state index contributed by atoms with van der Waals surface area (Å²) in [5.41, 5.74) is 0.226. The van der Waals surface area contributed by atoms with Crippen molar-refractivity contribution < 1.29 is 23.6 Å². The quantitative estimate of drug-likeness (QED) is 0.172. The van der Waals surface area contributed by atoms with Crippen molar-refractivity contribution in [3.8, 4) is 0 Å². The first-order valence-corrected chi connectivity index (χ1v) is 11.2. The Labute approximate surface area is 205 Å². The number of nitrogens with zero attached hydrogens (tertiary/aromatic N) is 1. The van der Waals surface area contributed by atoms with E-state index in [-0.39, 0.29) is 26.3 Å². The molecule has 0 fully saturated rings. The number of amides is 1. The Hall–Kier alpha value is -3.53. The van der Waals surface area contributed by atoms with Crippen LogP contribution in [0.5, 0.6) is 0 Å². The lowest BCUT2D eigenvalue weighted by Crippen LogP contribution is -2.26. The number of anilines is 1. The fraction of sp³-hybridized carbons (Fsp3) is 0.0435. The van der Waals surface area contributed by atoms with Crippen molar-refractivity contribution >= 4 is 67.9 Å². The highest BCUT2D eigenvalue weighted by molar-refractivity contribution is 7.21. The van der Waals surface area contributed by atoms with E-state index in [0.29, 0.717) is 15.6 Å². The molecule has 0 radical (unpaired) electrons. The van der Waals surface area contributed by atoms with Crippen LogP contribution in [-0.2, 0) is 9.53 Å². The number of nitrogens with one attached hydrogen (secondary N) is 1. The van der Waals surface area contributed by atoms with Gasteiger partial charge in [-0.05, 0) is 24.3 Å². The van der Waals surface area contributed by atoms with Crippen LogP contribution in [0.15, 0.2) is 66.7 Å². The molecule has 4 aromatic rings. The van der Waals surface area contributed by atoms with Crippen LogP contribution in [0.4, 0.5) is 15.8 Å². The molecule has 0 saturated carbocycles. The topological polar surface area (TPSA) is 98.5 Å². The number of thiophene rings is 1. The predicted molar refractivity (Wildman–Crippen MR) is 128 cm³/mol. The third kappa shape index (κ3) is 4.86. The van der Waals surface area contributed by atoms with Gasteiger partial charge in [0.05, 0.1) is 20.7 Å². The van der Waals surface area contributed by atoms with Crippen LogP contribution in [0.3, 0.4) is 0 Å². The molecule has 3 aromatic carbocycles. The average molecular weight is 519 g/mol. The Morgan fingerprint density at radius 1 is 1.06 bits per heavy atom. The third-order valence-corrected chi connectivity index (χ3v) is 6.71. The van der Waals surface area contributed by atoms with Crippen LogP contribution < -0.4 is 5.32 Å². The minimum atomic E-state index is -1.39. The molecule has 4 rings (SSSR count). The van der Waals surface area contributed by atoms with E-state index in [9.17, 15) is 24.1 Å². The molecule has 1 heterocycles. The summed E-state index contributed by atoms with van der Waals surface area (Å²) < 4.78 is 19.6. The summed E-state index contributed by atoms with van der Waals surface area (Å²) in [4.78, 5) is 36.4. The fourth-order valence-electron chi connectivity index (χ4n) is 3.15. The number of fused-ring (bicyclic) bond motifs is 1. The van der Waals surface area contributed by atoms with Crippen molar-refractivity contribution in [2.75, 3.05) is 5.32 Å². The molecule has 0 bridgehead atoms. The second-order valence-corrected chi connectivity index (χ2v) is 8.83. The summed E-state index contributed by atoms with van der Waals surface area (Å²) in [6, 6.07) is 15.7. The maximum Gasteiger partial charge on any atom is 0.351 e. The molecule has 172 valence electrons. The highest BCUT2D eigenvalue weighted by Gasteiger charge is 2.29. The van der Waals surface area contributed by atoms with E-state index in [1.54, 1.807) is 30.3 Å². The van der Waals surface area contributed by atoms with Gasteiger partial charge in [-0.1, -0.05) is 53.5 Å². The van der Waals surface area contributed by atoms with Crippen LogP contribution in [0.1, 0.15) is 21.3 Å². The number of non-ortho nitro benzene ring substituents is 1. The summed E-state index contributed by atoms with van der Waals surface area (Å²) in [6.07, 6.45) is -1.39. The van der Waals surface area contributed by atoms with E-state index < -0.39 is 28.7 Å². The minimum absolute atomic E-state index is 0.0179. The molecule has 0 spiro atoms. The van der Waals surface area contributed by atoms with E-state index in [1.807, 2.05) is 0 Å². The maximum absolute atomic E-state index is 13.6. The van der Waals surface area contributed by atoms with Gasteiger partial charge >= 0.3 is 5.97 Å². The molecule has 11 heteroatoms. The molecular weight excluding hydrogens is 506 g/mol. The third-order valence-electron chi connectivity index (χ3n) is 4.76. The number of nitro benzene ring substituents is 1. The van der Waals surface area contributed by atoms with Crippen LogP contribution in [0.25, 0.3) is 10.1 Å². The normalized spacial score (nSPS) is 11.7. The van der Waals surface area contributed by atoms with E-state index in [1.165, 1.54) is 30.3 Å². The molecule has 1 N–H and O–H groups in total. The van der Waals surface area contributed by atoms with Crippen molar-refractivity contribution in [3.63, 3.8) is 0 Å². The molecule has 0 aliphatic carbocycles. The van der Waals surface area contributed by atoms with Gasteiger partial charge in [-0.3, -0.25) is 14.9 Å². The number of halogens is 3. The molecule has 1 unspecified atom stereocenters. The standard InChI is InChI=1S/C23H13Cl2FN2O5S/c24-16-11-14(28(31)32)7-9-17(16)27-22(29)20(12-4-2-1-3-5-12)33-23(30)21-19(25)15-8-6-13(26)10-18(15)34-21/h1-11,20H,(H,27,29). The highest BCUT2D eigenvalue weighted by atomic mass is 35.5. The van der Waals surface area contributed by atoms with Crippen LogP contribution in [0.2, 0.25) is 10.0 Å². The Balaban J connectivity index is 1.63. The SMILES string of the molecule is O=C(OC(C(=O)Nc1ccc([N+](=O)[O-])cc1Cl)c1ccccc1)c1sc2cc(F)ccc2c1Cl. The van der Waals surface area contributed by atoms with Gasteiger partial charge in [0.15, 0.2) is 0 Å². The fourth-order valence-corrected chi connectivity index (χ4v) is 4.79. The molecule has 1 aromatic heterocycles. The van der Waals surface area contributed by atoms with Crippen LogP contribution in [-0.4, -0.2) is 16.8 Å². The highest BCUT2D eigenvalue weighted by Crippen LogP contribution is 2.37. The van der Waals surface area contributed by atoms with Crippen molar-refractivity contribution in [2.45, 2.75) is 6.10 Å². The Kier molecular flexibility index (Phi) is 6.78. The number of esters is 1. The number of carbonyl (C=O) groups excluding carboxylic acids is 2. The summed E-state index contributed by atoms with van der Waals surface area (Å²) in [5, 5.41) is 14.0.